The number of nitrogens with zero attached hydrogens (tertiary/aromatic N) is 3. The molecule has 1 atom stereocenters. The third-order valence-electron chi connectivity index (χ3n) is 3.31. The van der Waals surface area contributed by atoms with Gasteiger partial charge in [0.2, 0.25) is 5.89 Å². The van der Waals surface area contributed by atoms with Crippen LogP contribution in [0.15, 0.2) is 27.3 Å². The van der Waals surface area contributed by atoms with Crippen molar-refractivity contribution >= 4 is 5.91 Å². The first-order chi connectivity index (χ1) is 9.74. The van der Waals surface area contributed by atoms with E-state index in [4.69, 9.17) is 8.94 Å². The van der Waals surface area contributed by atoms with E-state index >= 15 is 0 Å². The SMILES string of the molecule is CN(Cc1ccco1)C(=O)c1noc(C2CCCN2)n1. The molecule has 1 fully saturated rings. The molecule has 3 heterocycles. The molecule has 106 valence electrons. The van der Waals surface area contributed by atoms with Gasteiger partial charge < -0.3 is 19.2 Å². The van der Waals surface area contributed by atoms with Crippen LogP contribution < -0.4 is 5.32 Å². The average molecular weight is 276 g/mol. The van der Waals surface area contributed by atoms with Crippen LogP contribution in [0.4, 0.5) is 0 Å². The van der Waals surface area contributed by atoms with E-state index in [2.05, 4.69) is 15.5 Å². The molecule has 1 N–H and O–H groups in total. The molecule has 1 aliphatic rings. The fourth-order valence-electron chi connectivity index (χ4n) is 2.24. The van der Waals surface area contributed by atoms with Gasteiger partial charge in [0.15, 0.2) is 0 Å². The summed E-state index contributed by atoms with van der Waals surface area (Å²) in [6.07, 6.45) is 3.61. The minimum Gasteiger partial charge on any atom is -0.467 e. The summed E-state index contributed by atoms with van der Waals surface area (Å²) in [4.78, 5) is 17.9. The fourth-order valence-corrected chi connectivity index (χ4v) is 2.24. The first kappa shape index (κ1) is 12.9. The largest absolute Gasteiger partial charge is 0.467 e. The van der Waals surface area contributed by atoms with Gasteiger partial charge in [0.1, 0.15) is 5.76 Å². The second-order valence-corrected chi connectivity index (χ2v) is 4.85. The molecule has 2 aromatic heterocycles. The van der Waals surface area contributed by atoms with Crippen molar-refractivity contribution in [1.29, 1.82) is 0 Å². The van der Waals surface area contributed by atoms with Crippen molar-refractivity contribution in [2.24, 2.45) is 0 Å². The van der Waals surface area contributed by atoms with Crippen molar-refractivity contribution in [3.8, 4) is 0 Å². The maximum absolute atomic E-state index is 12.2. The first-order valence-corrected chi connectivity index (χ1v) is 6.59. The van der Waals surface area contributed by atoms with Crippen molar-refractivity contribution in [1.82, 2.24) is 20.4 Å². The van der Waals surface area contributed by atoms with Crippen LogP contribution in [0.25, 0.3) is 0 Å². The molecular weight excluding hydrogens is 260 g/mol. The normalized spacial score (nSPS) is 18.4. The molecular formula is C13H16N4O3. The van der Waals surface area contributed by atoms with Crippen LogP contribution >= 0.6 is 0 Å². The van der Waals surface area contributed by atoms with Crippen molar-refractivity contribution in [2.75, 3.05) is 13.6 Å². The van der Waals surface area contributed by atoms with E-state index < -0.39 is 0 Å². The lowest BCUT2D eigenvalue weighted by molar-refractivity contribution is 0.0760. The monoisotopic (exact) mass is 276 g/mol. The van der Waals surface area contributed by atoms with Crippen molar-refractivity contribution in [3.63, 3.8) is 0 Å². The quantitative estimate of drug-likeness (QED) is 0.907. The van der Waals surface area contributed by atoms with Gasteiger partial charge in [0, 0.05) is 7.05 Å². The Morgan fingerprint density at radius 2 is 2.50 bits per heavy atom. The van der Waals surface area contributed by atoms with E-state index in [0.29, 0.717) is 18.2 Å². The third-order valence-corrected chi connectivity index (χ3v) is 3.31. The van der Waals surface area contributed by atoms with E-state index in [9.17, 15) is 4.79 Å². The Bertz CT molecular complexity index is 572. The zero-order chi connectivity index (χ0) is 13.9. The minimum atomic E-state index is -0.283. The lowest BCUT2D eigenvalue weighted by atomic mass is 10.2. The summed E-state index contributed by atoms with van der Waals surface area (Å²) in [6.45, 7) is 1.31. The molecule has 1 amide bonds. The maximum atomic E-state index is 12.2. The minimum absolute atomic E-state index is 0.0689. The highest BCUT2D eigenvalue weighted by atomic mass is 16.5. The molecule has 1 aliphatic heterocycles. The number of nitrogens with one attached hydrogen (secondary N) is 1. The highest BCUT2D eigenvalue weighted by molar-refractivity contribution is 5.90. The number of furan rings is 1. The zero-order valence-electron chi connectivity index (χ0n) is 11.2. The molecule has 2 aromatic rings. The smallest absolute Gasteiger partial charge is 0.295 e. The molecule has 0 bridgehead atoms. The van der Waals surface area contributed by atoms with Gasteiger partial charge in [-0.15, -0.1) is 0 Å². The van der Waals surface area contributed by atoms with Gasteiger partial charge in [-0.2, -0.15) is 4.98 Å². The molecule has 7 heteroatoms. The van der Waals surface area contributed by atoms with E-state index in [1.165, 1.54) is 4.90 Å². The molecule has 0 aliphatic carbocycles. The predicted molar refractivity (Wildman–Crippen MR) is 68.8 cm³/mol. The summed E-state index contributed by atoms with van der Waals surface area (Å²) in [5, 5.41) is 7.02. The Hall–Kier alpha value is -2.15. The van der Waals surface area contributed by atoms with Gasteiger partial charge >= 0.3 is 0 Å². The summed E-state index contributed by atoms with van der Waals surface area (Å²) < 4.78 is 10.4. The van der Waals surface area contributed by atoms with Gasteiger partial charge in [0.05, 0.1) is 18.8 Å². The third kappa shape index (κ3) is 2.57. The summed E-state index contributed by atoms with van der Waals surface area (Å²) in [5.41, 5.74) is 0. The van der Waals surface area contributed by atoms with Crippen molar-refractivity contribution in [2.45, 2.75) is 25.4 Å². The van der Waals surface area contributed by atoms with Crippen LogP contribution in [0.3, 0.4) is 0 Å². The molecule has 3 rings (SSSR count). The Balaban J connectivity index is 1.67. The van der Waals surface area contributed by atoms with E-state index in [-0.39, 0.29) is 17.8 Å². The average Bonchev–Trinajstić information content (AvgIpc) is 3.18. The van der Waals surface area contributed by atoms with E-state index in [1.807, 2.05) is 6.07 Å². The van der Waals surface area contributed by atoms with E-state index in [1.54, 1.807) is 19.4 Å². The topological polar surface area (TPSA) is 84.4 Å². The molecule has 20 heavy (non-hydrogen) atoms. The number of rotatable bonds is 4. The van der Waals surface area contributed by atoms with E-state index in [0.717, 1.165) is 19.4 Å². The van der Waals surface area contributed by atoms with Gasteiger partial charge in [-0.1, -0.05) is 5.16 Å². The molecule has 0 spiro atoms. The molecule has 0 aromatic carbocycles. The predicted octanol–water partition coefficient (Wildman–Crippen LogP) is 1.36. The zero-order valence-corrected chi connectivity index (χ0v) is 11.2. The van der Waals surface area contributed by atoms with Gasteiger partial charge in [0.25, 0.3) is 11.7 Å². The Morgan fingerprint density at radius 3 is 3.20 bits per heavy atom. The van der Waals surface area contributed by atoms with Crippen LogP contribution in [0.1, 0.15) is 41.2 Å². The number of aromatic nitrogens is 2. The summed E-state index contributed by atoms with van der Waals surface area (Å²) >= 11 is 0. The fraction of sp³-hybridized carbons (Fsp3) is 0.462. The van der Waals surface area contributed by atoms with Crippen LogP contribution in [-0.2, 0) is 6.54 Å². The second kappa shape index (κ2) is 5.46. The molecule has 1 saturated heterocycles. The molecule has 0 radical (unpaired) electrons. The summed E-state index contributed by atoms with van der Waals surface area (Å²) in [5.74, 6) is 0.997. The standard InChI is InChI=1S/C13H16N4O3/c1-17(8-9-4-3-7-19-9)13(18)11-15-12(20-16-11)10-5-2-6-14-10/h3-4,7,10,14H,2,5-6,8H2,1H3. The Kier molecular flexibility index (Phi) is 3.51. The molecule has 1 unspecified atom stereocenters. The van der Waals surface area contributed by atoms with Crippen LogP contribution in [0.2, 0.25) is 0 Å². The highest BCUT2D eigenvalue weighted by Gasteiger charge is 2.25. The Labute approximate surface area is 115 Å². The summed E-state index contributed by atoms with van der Waals surface area (Å²) in [7, 11) is 1.68. The van der Waals surface area contributed by atoms with Crippen molar-refractivity contribution < 1.29 is 13.7 Å². The number of carbonyl (C=O) groups excluding carboxylic acids is 1. The number of hydrogen-bond acceptors (Lipinski definition) is 6. The Morgan fingerprint density at radius 1 is 1.60 bits per heavy atom. The lowest BCUT2D eigenvalue weighted by Crippen LogP contribution is -2.27. The summed E-state index contributed by atoms with van der Waals surface area (Å²) in [6, 6.07) is 3.67. The number of hydrogen-bond donors (Lipinski definition) is 1. The van der Waals surface area contributed by atoms with Gasteiger partial charge in [-0.05, 0) is 31.5 Å². The van der Waals surface area contributed by atoms with Crippen LogP contribution in [-0.4, -0.2) is 34.5 Å². The maximum Gasteiger partial charge on any atom is 0.295 e. The number of amides is 1. The van der Waals surface area contributed by atoms with Gasteiger partial charge in [-0.25, -0.2) is 0 Å². The molecule has 0 saturated carbocycles. The molecule has 7 nitrogen and oxygen atoms in total. The lowest BCUT2D eigenvalue weighted by Gasteiger charge is -2.12. The van der Waals surface area contributed by atoms with Crippen LogP contribution in [0.5, 0.6) is 0 Å². The highest BCUT2D eigenvalue weighted by Crippen LogP contribution is 2.21. The second-order valence-electron chi connectivity index (χ2n) is 4.85. The van der Waals surface area contributed by atoms with Crippen LogP contribution in [0, 0.1) is 0 Å². The number of carbonyl (C=O) groups is 1. The first-order valence-electron chi connectivity index (χ1n) is 6.59. The van der Waals surface area contributed by atoms with Crippen molar-refractivity contribution in [3.05, 3.63) is 35.9 Å². The van der Waals surface area contributed by atoms with Gasteiger partial charge in [-0.3, -0.25) is 4.79 Å².